The molecule has 1 heterocycles. The Morgan fingerprint density at radius 2 is 2.20 bits per heavy atom. The fourth-order valence-corrected chi connectivity index (χ4v) is 3.23. The standard InChI is InChI=1S/C18H25ClN6/c1-3-16-24-23-13-25(16)10-9-21-17(20-2)22-12-18(7-8-18)14-5-4-6-15(19)11-14/h4-6,11,13H,3,7-10,12H2,1-2H3,(H2,20,21,22). The van der Waals surface area contributed by atoms with E-state index >= 15 is 0 Å². The van der Waals surface area contributed by atoms with Crippen LogP contribution in [-0.2, 0) is 18.4 Å². The number of aromatic nitrogens is 3. The maximum absolute atomic E-state index is 6.14. The molecule has 25 heavy (non-hydrogen) atoms. The molecule has 3 rings (SSSR count). The number of hydrogen-bond acceptors (Lipinski definition) is 3. The number of aryl methyl sites for hydroxylation is 1. The third-order valence-corrected chi connectivity index (χ3v) is 5.00. The van der Waals surface area contributed by atoms with Crippen molar-refractivity contribution in [1.29, 1.82) is 0 Å². The molecule has 0 bridgehead atoms. The number of rotatable bonds is 7. The lowest BCUT2D eigenvalue weighted by Crippen LogP contribution is -2.42. The number of hydrogen-bond donors (Lipinski definition) is 2. The lowest BCUT2D eigenvalue weighted by Gasteiger charge is -2.19. The Kier molecular flexibility index (Phi) is 5.58. The third kappa shape index (κ3) is 4.31. The van der Waals surface area contributed by atoms with Crippen molar-refractivity contribution >= 4 is 17.6 Å². The van der Waals surface area contributed by atoms with Crippen LogP contribution in [0.2, 0.25) is 5.02 Å². The number of aliphatic imine (C=N–C) groups is 1. The largest absolute Gasteiger partial charge is 0.356 e. The summed E-state index contributed by atoms with van der Waals surface area (Å²) in [5.41, 5.74) is 1.49. The van der Waals surface area contributed by atoms with Gasteiger partial charge in [0, 0.05) is 43.5 Å². The van der Waals surface area contributed by atoms with E-state index in [-0.39, 0.29) is 5.41 Å². The molecule has 0 radical (unpaired) electrons. The van der Waals surface area contributed by atoms with E-state index < -0.39 is 0 Å². The normalized spacial score (nSPS) is 15.9. The van der Waals surface area contributed by atoms with E-state index in [1.54, 1.807) is 13.4 Å². The maximum atomic E-state index is 6.14. The quantitative estimate of drug-likeness (QED) is 0.587. The summed E-state index contributed by atoms with van der Waals surface area (Å²) in [5, 5.41) is 15.7. The number of halogens is 1. The zero-order chi connectivity index (χ0) is 17.7. The minimum absolute atomic E-state index is 0.187. The molecule has 0 aliphatic heterocycles. The first-order valence-corrected chi connectivity index (χ1v) is 9.12. The molecule has 1 aliphatic rings. The highest BCUT2D eigenvalue weighted by Gasteiger charge is 2.44. The Labute approximate surface area is 153 Å². The summed E-state index contributed by atoms with van der Waals surface area (Å²) < 4.78 is 2.06. The number of guanidine groups is 1. The molecule has 134 valence electrons. The highest BCUT2D eigenvalue weighted by molar-refractivity contribution is 6.30. The summed E-state index contributed by atoms with van der Waals surface area (Å²) in [6.45, 7) is 4.53. The van der Waals surface area contributed by atoms with Crippen LogP contribution in [0.1, 0.15) is 31.2 Å². The summed E-state index contributed by atoms with van der Waals surface area (Å²) in [7, 11) is 1.80. The van der Waals surface area contributed by atoms with Crippen molar-refractivity contribution in [3.8, 4) is 0 Å². The van der Waals surface area contributed by atoms with Crippen LogP contribution in [0.25, 0.3) is 0 Å². The first-order valence-electron chi connectivity index (χ1n) is 8.74. The van der Waals surface area contributed by atoms with Crippen molar-refractivity contribution < 1.29 is 0 Å². The Morgan fingerprint density at radius 1 is 1.36 bits per heavy atom. The second-order valence-corrected chi connectivity index (χ2v) is 6.87. The predicted molar refractivity (Wildman–Crippen MR) is 101 cm³/mol. The van der Waals surface area contributed by atoms with Gasteiger partial charge in [0.05, 0.1) is 0 Å². The van der Waals surface area contributed by atoms with Gasteiger partial charge < -0.3 is 15.2 Å². The van der Waals surface area contributed by atoms with Crippen LogP contribution in [0.15, 0.2) is 35.6 Å². The van der Waals surface area contributed by atoms with E-state index in [0.717, 1.165) is 42.9 Å². The van der Waals surface area contributed by atoms with Gasteiger partial charge in [0.1, 0.15) is 12.2 Å². The van der Waals surface area contributed by atoms with Crippen LogP contribution in [0.3, 0.4) is 0 Å². The lowest BCUT2D eigenvalue weighted by molar-refractivity contribution is 0.615. The highest BCUT2D eigenvalue weighted by atomic mass is 35.5. The summed E-state index contributed by atoms with van der Waals surface area (Å²) in [6.07, 6.45) is 5.01. The average molecular weight is 361 g/mol. The van der Waals surface area contributed by atoms with Gasteiger partial charge in [0.2, 0.25) is 0 Å². The van der Waals surface area contributed by atoms with Gasteiger partial charge in [-0.05, 0) is 30.5 Å². The van der Waals surface area contributed by atoms with Crippen molar-refractivity contribution in [3.05, 3.63) is 47.0 Å². The van der Waals surface area contributed by atoms with Crippen LogP contribution >= 0.6 is 11.6 Å². The Hall–Kier alpha value is -2.08. The monoisotopic (exact) mass is 360 g/mol. The Bertz CT molecular complexity index is 735. The fraction of sp³-hybridized carbons (Fsp3) is 0.500. The second kappa shape index (κ2) is 7.87. The molecular weight excluding hydrogens is 336 g/mol. The zero-order valence-corrected chi connectivity index (χ0v) is 15.6. The van der Waals surface area contributed by atoms with Crippen LogP contribution in [-0.4, -0.2) is 40.9 Å². The van der Waals surface area contributed by atoms with Gasteiger partial charge in [-0.2, -0.15) is 0 Å². The molecule has 0 unspecified atom stereocenters. The predicted octanol–water partition coefficient (Wildman–Crippen LogP) is 2.39. The SMILES string of the molecule is CCc1nncn1CCNC(=NC)NCC1(c2cccc(Cl)c2)CC1. The van der Waals surface area contributed by atoms with E-state index in [4.69, 9.17) is 11.6 Å². The summed E-state index contributed by atoms with van der Waals surface area (Å²) in [6, 6.07) is 8.18. The van der Waals surface area contributed by atoms with Gasteiger partial charge in [-0.3, -0.25) is 4.99 Å². The Morgan fingerprint density at radius 3 is 2.88 bits per heavy atom. The molecule has 7 heteroatoms. The lowest BCUT2D eigenvalue weighted by atomic mass is 9.96. The first kappa shape index (κ1) is 17.7. The minimum atomic E-state index is 0.187. The molecule has 0 amide bonds. The molecule has 0 spiro atoms. The molecule has 1 saturated carbocycles. The van der Waals surface area contributed by atoms with Crippen molar-refractivity contribution in [3.63, 3.8) is 0 Å². The summed E-state index contributed by atoms with van der Waals surface area (Å²) >= 11 is 6.14. The molecule has 1 aliphatic carbocycles. The van der Waals surface area contributed by atoms with Crippen molar-refractivity contribution in [2.45, 2.75) is 38.1 Å². The van der Waals surface area contributed by atoms with Gasteiger partial charge >= 0.3 is 0 Å². The topological polar surface area (TPSA) is 67.1 Å². The van der Waals surface area contributed by atoms with Gasteiger partial charge in [-0.1, -0.05) is 30.7 Å². The molecule has 1 fully saturated rings. The molecule has 0 atom stereocenters. The molecular formula is C18H25ClN6. The Balaban J connectivity index is 1.50. The number of benzene rings is 1. The van der Waals surface area contributed by atoms with Gasteiger partial charge in [-0.15, -0.1) is 10.2 Å². The zero-order valence-electron chi connectivity index (χ0n) is 14.8. The highest BCUT2D eigenvalue weighted by Crippen LogP contribution is 2.48. The fourth-order valence-electron chi connectivity index (χ4n) is 3.04. The van der Waals surface area contributed by atoms with Crippen molar-refractivity contribution in [2.75, 3.05) is 20.1 Å². The smallest absolute Gasteiger partial charge is 0.191 e. The van der Waals surface area contributed by atoms with Gasteiger partial charge in [0.15, 0.2) is 5.96 Å². The molecule has 1 aromatic carbocycles. The van der Waals surface area contributed by atoms with Crippen LogP contribution < -0.4 is 10.6 Å². The number of nitrogens with zero attached hydrogens (tertiary/aromatic N) is 4. The van der Waals surface area contributed by atoms with Crippen LogP contribution in [0.4, 0.5) is 0 Å². The third-order valence-electron chi connectivity index (χ3n) is 4.77. The van der Waals surface area contributed by atoms with Crippen molar-refractivity contribution in [2.24, 2.45) is 4.99 Å². The molecule has 1 aromatic heterocycles. The van der Waals surface area contributed by atoms with Gasteiger partial charge in [0.25, 0.3) is 0 Å². The second-order valence-electron chi connectivity index (χ2n) is 6.44. The van der Waals surface area contributed by atoms with E-state index in [0.29, 0.717) is 0 Å². The number of nitrogens with one attached hydrogen (secondary N) is 2. The minimum Gasteiger partial charge on any atom is -0.356 e. The van der Waals surface area contributed by atoms with Crippen LogP contribution in [0.5, 0.6) is 0 Å². The summed E-state index contributed by atoms with van der Waals surface area (Å²) in [4.78, 5) is 4.32. The molecule has 2 aromatic rings. The first-order chi connectivity index (χ1) is 12.2. The van der Waals surface area contributed by atoms with E-state index in [9.17, 15) is 0 Å². The summed E-state index contributed by atoms with van der Waals surface area (Å²) in [5.74, 6) is 1.82. The maximum Gasteiger partial charge on any atom is 0.191 e. The average Bonchev–Trinajstić information content (AvgIpc) is 3.28. The molecule has 0 saturated heterocycles. The van der Waals surface area contributed by atoms with Gasteiger partial charge in [-0.25, -0.2) is 0 Å². The van der Waals surface area contributed by atoms with E-state index in [1.165, 1.54) is 18.4 Å². The van der Waals surface area contributed by atoms with Crippen molar-refractivity contribution in [1.82, 2.24) is 25.4 Å². The van der Waals surface area contributed by atoms with E-state index in [1.807, 2.05) is 12.1 Å². The van der Waals surface area contributed by atoms with Crippen LogP contribution in [0, 0.1) is 0 Å². The molecule has 2 N–H and O–H groups in total. The van der Waals surface area contributed by atoms with E-state index in [2.05, 4.69) is 49.4 Å². The molecule has 6 nitrogen and oxygen atoms in total.